The normalized spacial score (nSPS) is 24.6. The zero-order chi connectivity index (χ0) is 13.4. The summed E-state index contributed by atoms with van der Waals surface area (Å²) in [5.41, 5.74) is 0.145. The maximum Gasteiger partial charge on any atom is 0.227 e. The van der Waals surface area contributed by atoms with E-state index in [1.54, 1.807) is 0 Å². The third kappa shape index (κ3) is 3.01. The molecular formula is C14H28N2O. The van der Waals surface area contributed by atoms with Crippen molar-refractivity contribution < 1.29 is 4.79 Å². The lowest BCUT2D eigenvalue weighted by molar-refractivity contribution is -0.135. The number of nitrogens with zero attached hydrogens (tertiary/aromatic N) is 2. The molecule has 0 saturated carbocycles. The fourth-order valence-electron chi connectivity index (χ4n) is 2.89. The van der Waals surface area contributed by atoms with Crippen LogP contribution in [0.2, 0.25) is 0 Å². The van der Waals surface area contributed by atoms with Gasteiger partial charge in [0, 0.05) is 31.2 Å². The Morgan fingerprint density at radius 3 is 2.18 bits per heavy atom. The van der Waals surface area contributed by atoms with Gasteiger partial charge in [0.2, 0.25) is 5.91 Å². The maximum absolute atomic E-state index is 12.3. The predicted octanol–water partition coefficient (Wildman–Crippen LogP) is 2.36. The van der Waals surface area contributed by atoms with Crippen LogP contribution < -0.4 is 0 Å². The van der Waals surface area contributed by atoms with Crippen LogP contribution in [0.3, 0.4) is 0 Å². The van der Waals surface area contributed by atoms with Gasteiger partial charge in [-0.2, -0.15) is 0 Å². The van der Waals surface area contributed by atoms with E-state index in [1.807, 2.05) is 11.9 Å². The van der Waals surface area contributed by atoms with Gasteiger partial charge in [-0.25, -0.2) is 0 Å². The predicted molar refractivity (Wildman–Crippen MR) is 71.9 cm³/mol. The monoisotopic (exact) mass is 240 g/mol. The second-order valence-corrected chi connectivity index (χ2v) is 6.50. The average molecular weight is 240 g/mol. The molecule has 1 fully saturated rings. The van der Waals surface area contributed by atoms with Crippen molar-refractivity contribution in [3.05, 3.63) is 0 Å². The third-order valence-corrected chi connectivity index (χ3v) is 4.04. The highest BCUT2D eigenvalue weighted by Gasteiger charge is 2.43. The number of hydrogen-bond acceptors (Lipinski definition) is 2. The summed E-state index contributed by atoms with van der Waals surface area (Å²) in [7, 11) is 1.91. The first-order chi connectivity index (χ1) is 7.66. The number of rotatable bonds is 3. The minimum Gasteiger partial charge on any atom is -0.343 e. The Kier molecular flexibility index (Phi) is 4.23. The Labute approximate surface area is 106 Å². The first-order valence-electron chi connectivity index (χ1n) is 6.70. The molecule has 0 radical (unpaired) electrons. The molecule has 1 heterocycles. The molecule has 0 bridgehead atoms. The average Bonchev–Trinajstić information content (AvgIpc) is 2.51. The smallest absolute Gasteiger partial charge is 0.227 e. The number of hydrogen-bond donors (Lipinski definition) is 0. The van der Waals surface area contributed by atoms with Crippen LogP contribution in [0.25, 0.3) is 0 Å². The van der Waals surface area contributed by atoms with Crippen LogP contribution in [0.1, 0.15) is 48.0 Å². The lowest BCUT2D eigenvalue weighted by atomic mass is 9.95. The summed E-state index contributed by atoms with van der Waals surface area (Å²) in [6.07, 6.45) is 0.973. The zero-order valence-electron chi connectivity index (χ0n) is 12.4. The fraction of sp³-hybridized carbons (Fsp3) is 0.929. The topological polar surface area (TPSA) is 23.6 Å². The van der Waals surface area contributed by atoms with Crippen molar-refractivity contribution in [1.82, 2.24) is 9.80 Å². The van der Waals surface area contributed by atoms with Crippen LogP contribution >= 0.6 is 0 Å². The SMILES string of the molecule is CC(C)N(C)C(=O)C1CN(C(C)C)C(C)(C)C1. The minimum atomic E-state index is 0.145. The summed E-state index contributed by atoms with van der Waals surface area (Å²) < 4.78 is 0. The van der Waals surface area contributed by atoms with E-state index in [2.05, 4.69) is 46.4 Å². The van der Waals surface area contributed by atoms with Crippen LogP contribution in [0.4, 0.5) is 0 Å². The van der Waals surface area contributed by atoms with Gasteiger partial charge in [-0.3, -0.25) is 9.69 Å². The Bertz CT molecular complexity index is 284. The summed E-state index contributed by atoms with van der Waals surface area (Å²) >= 11 is 0. The van der Waals surface area contributed by atoms with Crippen molar-refractivity contribution in [2.45, 2.75) is 65.6 Å². The van der Waals surface area contributed by atoms with Gasteiger partial charge in [-0.05, 0) is 48.0 Å². The Balaban J connectivity index is 2.75. The lowest BCUT2D eigenvalue weighted by Crippen LogP contribution is -2.43. The van der Waals surface area contributed by atoms with Crippen LogP contribution in [-0.2, 0) is 4.79 Å². The molecule has 1 amide bonds. The van der Waals surface area contributed by atoms with E-state index in [9.17, 15) is 4.79 Å². The number of carbonyl (C=O) groups excluding carboxylic acids is 1. The number of likely N-dealkylation sites (tertiary alicyclic amines) is 1. The second-order valence-electron chi connectivity index (χ2n) is 6.50. The molecule has 1 saturated heterocycles. The molecule has 0 aromatic rings. The zero-order valence-corrected chi connectivity index (χ0v) is 12.4. The summed E-state index contributed by atoms with van der Waals surface area (Å²) in [6, 6.07) is 0.797. The van der Waals surface area contributed by atoms with E-state index >= 15 is 0 Å². The maximum atomic E-state index is 12.3. The molecule has 3 heteroatoms. The quantitative estimate of drug-likeness (QED) is 0.756. The summed E-state index contributed by atoms with van der Waals surface area (Å²) in [5.74, 6) is 0.469. The number of amides is 1. The molecule has 0 aromatic heterocycles. The molecular weight excluding hydrogens is 212 g/mol. The van der Waals surface area contributed by atoms with Crippen molar-refractivity contribution in [3.63, 3.8) is 0 Å². The van der Waals surface area contributed by atoms with Gasteiger partial charge in [0.05, 0.1) is 5.92 Å². The molecule has 17 heavy (non-hydrogen) atoms. The van der Waals surface area contributed by atoms with Crippen molar-refractivity contribution >= 4 is 5.91 Å². The first-order valence-corrected chi connectivity index (χ1v) is 6.70. The van der Waals surface area contributed by atoms with Crippen molar-refractivity contribution in [3.8, 4) is 0 Å². The largest absolute Gasteiger partial charge is 0.343 e. The molecule has 0 N–H and O–H groups in total. The molecule has 1 unspecified atom stereocenters. The molecule has 0 aliphatic carbocycles. The third-order valence-electron chi connectivity index (χ3n) is 4.04. The molecule has 1 atom stereocenters. The van der Waals surface area contributed by atoms with Crippen LogP contribution in [0, 0.1) is 5.92 Å². The standard InChI is InChI=1S/C14H28N2O/c1-10(2)15(7)13(17)12-8-14(5,6)16(9-12)11(3)4/h10-12H,8-9H2,1-7H3. The fourth-order valence-corrected chi connectivity index (χ4v) is 2.89. The molecule has 0 spiro atoms. The second kappa shape index (κ2) is 4.97. The van der Waals surface area contributed by atoms with E-state index in [4.69, 9.17) is 0 Å². The van der Waals surface area contributed by atoms with Crippen LogP contribution in [-0.4, -0.2) is 46.9 Å². The van der Waals surface area contributed by atoms with Gasteiger partial charge >= 0.3 is 0 Å². The van der Waals surface area contributed by atoms with E-state index < -0.39 is 0 Å². The molecule has 3 nitrogen and oxygen atoms in total. The van der Waals surface area contributed by atoms with Gasteiger partial charge in [-0.15, -0.1) is 0 Å². The Morgan fingerprint density at radius 2 is 1.82 bits per heavy atom. The highest BCUT2D eigenvalue weighted by atomic mass is 16.2. The molecule has 1 rings (SSSR count). The van der Waals surface area contributed by atoms with E-state index in [-0.39, 0.29) is 11.5 Å². The number of carbonyl (C=O) groups is 1. The summed E-state index contributed by atoms with van der Waals surface area (Å²) in [6.45, 7) is 13.9. The van der Waals surface area contributed by atoms with Gasteiger partial charge < -0.3 is 4.90 Å². The van der Waals surface area contributed by atoms with Gasteiger partial charge in [0.25, 0.3) is 0 Å². The minimum absolute atomic E-state index is 0.145. The van der Waals surface area contributed by atoms with Crippen molar-refractivity contribution in [2.75, 3.05) is 13.6 Å². The highest BCUT2D eigenvalue weighted by Crippen LogP contribution is 2.35. The lowest BCUT2D eigenvalue weighted by Gasteiger charge is -2.34. The van der Waals surface area contributed by atoms with E-state index in [1.165, 1.54) is 0 Å². The van der Waals surface area contributed by atoms with E-state index in [0.717, 1.165) is 13.0 Å². The van der Waals surface area contributed by atoms with Crippen LogP contribution in [0.15, 0.2) is 0 Å². The molecule has 100 valence electrons. The van der Waals surface area contributed by atoms with Crippen molar-refractivity contribution in [1.29, 1.82) is 0 Å². The molecule has 1 aliphatic heterocycles. The van der Waals surface area contributed by atoms with Crippen LogP contribution in [0.5, 0.6) is 0 Å². The molecule has 0 aromatic carbocycles. The summed E-state index contributed by atoms with van der Waals surface area (Å²) in [5, 5.41) is 0. The summed E-state index contributed by atoms with van der Waals surface area (Å²) in [4.78, 5) is 16.7. The van der Waals surface area contributed by atoms with Crippen molar-refractivity contribution in [2.24, 2.45) is 5.92 Å². The van der Waals surface area contributed by atoms with Gasteiger partial charge in [0.15, 0.2) is 0 Å². The Morgan fingerprint density at radius 1 is 1.29 bits per heavy atom. The first kappa shape index (κ1) is 14.5. The molecule has 1 aliphatic rings. The van der Waals surface area contributed by atoms with Gasteiger partial charge in [-0.1, -0.05) is 0 Å². The van der Waals surface area contributed by atoms with Gasteiger partial charge in [0.1, 0.15) is 0 Å². The Hall–Kier alpha value is -0.570. The van der Waals surface area contributed by atoms with E-state index in [0.29, 0.717) is 18.0 Å². The highest BCUT2D eigenvalue weighted by molar-refractivity contribution is 5.79.